The number of benzene rings is 1. The average Bonchev–Trinajstić information content (AvgIpc) is 2.26. The lowest BCUT2D eigenvalue weighted by Crippen LogP contribution is -2.25. The van der Waals surface area contributed by atoms with E-state index < -0.39 is 12.1 Å². The second-order valence-corrected chi connectivity index (χ2v) is 3.24. The summed E-state index contributed by atoms with van der Waals surface area (Å²) < 4.78 is 4.93. The summed E-state index contributed by atoms with van der Waals surface area (Å²) in [6.07, 6.45) is -0.169. The first-order valence-electron chi connectivity index (χ1n) is 4.91. The molecule has 0 aliphatic rings. The molecule has 0 amide bonds. The van der Waals surface area contributed by atoms with E-state index in [0.717, 1.165) is 0 Å². The minimum absolute atomic E-state index is 0.145. The number of hydrogen-bond acceptors (Lipinski definition) is 3. The Morgan fingerprint density at radius 3 is 2.33 bits per heavy atom. The predicted octanol–water partition coefficient (Wildman–Crippen LogP) is 2.21. The molecule has 3 nitrogen and oxygen atoms in total. The Hall–Kier alpha value is -1.64. The molecule has 0 spiro atoms. The van der Waals surface area contributed by atoms with E-state index in [-0.39, 0.29) is 5.78 Å². The standard InChI is InChI=1S/C12H14O3/c1-3-11(15-9(2)13)12(14)10-7-5-4-6-8-10/h4-8,11H,3H2,1-2H3. The molecule has 0 aliphatic carbocycles. The van der Waals surface area contributed by atoms with Crippen molar-refractivity contribution < 1.29 is 14.3 Å². The lowest BCUT2D eigenvalue weighted by molar-refractivity contribution is -0.144. The van der Waals surface area contributed by atoms with Gasteiger partial charge in [-0.05, 0) is 6.42 Å². The molecule has 0 aliphatic heterocycles. The predicted molar refractivity (Wildman–Crippen MR) is 56.6 cm³/mol. The summed E-state index contributed by atoms with van der Waals surface area (Å²) in [6, 6.07) is 8.84. The fraction of sp³-hybridized carbons (Fsp3) is 0.333. The topological polar surface area (TPSA) is 43.4 Å². The Balaban J connectivity index is 2.78. The minimum Gasteiger partial charge on any atom is -0.454 e. The van der Waals surface area contributed by atoms with Gasteiger partial charge in [-0.2, -0.15) is 0 Å². The SMILES string of the molecule is CCC(OC(C)=O)C(=O)c1ccccc1. The van der Waals surface area contributed by atoms with Gasteiger partial charge in [0.2, 0.25) is 5.78 Å². The van der Waals surface area contributed by atoms with Crippen LogP contribution < -0.4 is 0 Å². The summed E-state index contributed by atoms with van der Waals surface area (Å²) in [5, 5.41) is 0. The van der Waals surface area contributed by atoms with Gasteiger partial charge in [0.1, 0.15) is 0 Å². The highest BCUT2D eigenvalue weighted by atomic mass is 16.5. The third kappa shape index (κ3) is 3.20. The van der Waals surface area contributed by atoms with Crippen molar-refractivity contribution in [1.29, 1.82) is 0 Å². The van der Waals surface area contributed by atoms with Gasteiger partial charge in [-0.3, -0.25) is 9.59 Å². The quantitative estimate of drug-likeness (QED) is 0.560. The van der Waals surface area contributed by atoms with E-state index in [4.69, 9.17) is 4.74 Å². The molecule has 1 unspecified atom stereocenters. The molecule has 80 valence electrons. The lowest BCUT2D eigenvalue weighted by atomic mass is 10.0. The molecule has 1 atom stereocenters. The number of esters is 1. The number of ketones is 1. The van der Waals surface area contributed by atoms with Crippen molar-refractivity contribution >= 4 is 11.8 Å². The van der Waals surface area contributed by atoms with Crippen LogP contribution in [0.1, 0.15) is 30.6 Å². The van der Waals surface area contributed by atoms with Crippen LogP contribution in [0.3, 0.4) is 0 Å². The van der Waals surface area contributed by atoms with Crippen molar-refractivity contribution in [3.8, 4) is 0 Å². The molecule has 0 bridgehead atoms. The third-order valence-corrected chi connectivity index (χ3v) is 2.03. The molecule has 0 radical (unpaired) electrons. The average molecular weight is 206 g/mol. The molecule has 0 saturated heterocycles. The molecule has 1 aromatic carbocycles. The number of Topliss-reactive ketones (excluding diaryl/α,β-unsaturated/α-hetero) is 1. The molecule has 0 aromatic heterocycles. The molecule has 15 heavy (non-hydrogen) atoms. The second-order valence-electron chi connectivity index (χ2n) is 3.24. The Morgan fingerprint density at radius 2 is 1.87 bits per heavy atom. The van der Waals surface area contributed by atoms with Gasteiger partial charge in [-0.1, -0.05) is 37.3 Å². The number of carbonyl (C=O) groups excluding carboxylic acids is 2. The van der Waals surface area contributed by atoms with Crippen molar-refractivity contribution in [1.82, 2.24) is 0 Å². The van der Waals surface area contributed by atoms with Crippen LogP contribution in [0.2, 0.25) is 0 Å². The number of rotatable bonds is 4. The highest BCUT2D eigenvalue weighted by Crippen LogP contribution is 2.09. The van der Waals surface area contributed by atoms with E-state index in [0.29, 0.717) is 12.0 Å². The maximum atomic E-state index is 11.8. The maximum absolute atomic E-state index is 11.8. The smallest absolute Gasteiger partial charge is 0.303 e. The van der Waals surface area contributed by atoms with Gasteiger partial charge < -0.3 is 4.74 Å². The Morgan fingerprint density at radius 1 is 1.27 bits per heavy atom. The zero-order valence-electron chi connectivity index (χ0n) is 8.90. The Bertz CT molecular complexity index is 343. The van der Waals surface area contributed by atoms with Crippen LogP contribution in [0.15, 0.2) is 30.3 Å². The summed E-state index contributed by atoms with van der Waals surface area (Å²) in [6.45, 7) is 3.12. The van der Waals surface area contributed by atoms with E-state index in [9.17, 15) is 9.59 Å². The van der Waals surface area contributed by atoms with Gasteiger partial charge in [-0.15, -0.1) is 0 Å². The zero-order chi connectivity index (χ0) is 11.3. The summed E-state index contributed by atoms with van der Waals surface area (Å²) in [4.78, 5) is 22.6. The molecule has 1 aromatic rings. The Kier molecular flexibility index (Phi) is 4.03. The minimum atomic E-state index is -0.662. The summed E-state index contributed by atoms with van der Waals surface area (Å²) in [5.74, 6) is -0.570. The number of hydrogen-bond donors (Lipinski definition) is 0. The van der Waals surface area contributed by atoms with Crippen LogP contribution >= 0.6 is 0 Å². The van der Waals surface area contributed by atoms with Crippen LogP contribution in [-0.4, -0.2) is 17.9 Å². The van der Waals surface area contributed by atoms with Crippen LogP contribution in [0.4, 0.5) is 0 Å². The maximum Gasteiger partial charge on any atom is 0.303 e. The van der Waals surface area contributed by atoms with E-state index in [1.54, 1.807) is 24.3 Å². The van der Waals surface area contributed by atoms with Gasteiger partial charge in [0.15, 0.2) is 6.10 Å². The molecule has 0 N–H and O–H groups in total. The summed E-state index contributed by atoms with van der Waals surface area (Å²) in [5.41, 5.74) is 0.575. The zero-order valence-corrected chi connectivity index (χ0v) is 8.90. The molecule has 0 fully saturated rings. The molecular formula is C12H14O3. The van der Waals surface area contributed by atoms with Gasteiger partial charge in [0, 0.05) is 12.5 Å². The van der Waals surface area contributed by atoms with Gasteiger partial charge in [0.25, 0.3) is 0 Å². The fourth-order valence-electron chi connectivity index (χ4n) is 1.31. The molecule has 0 saturated carbocycles. The molecular weight excluding hydrogens is 192 g/mol. The van der Waals surface area contributed by atoms with Crippen molar-refractivity contribution in [2.75, 3.05) is 0 Å². The summed E-state index contributed by atoms with van der Waals surface area (Å²) >= 11 is 0. The van der Waals surface area contributed by atoms with Crippen LogP contribution in [0.5, 0.6) is 0 Å². The molecule has 0 heterocycles. The first kappa shape index (κ1) is 11.4. The van der Waals surface area contributed by atoms with Crippen LogP contribution in [-0.2, 0) is 9.53 Å². The highest BCUT2D eigenvalue weighted by molar-refractivity contribution is 6.00. The lowest BCUT2D eigenvalue weighted by Gasteiger charge is -2.13. The molecule has 1 rings (SSSR count). The van der Waals surface area contributed by atoms with E-state index in [2.05, 4.69) is 0 Å². The van der Waals surface area contributed by atoms with E-state index >= 15 is 0 Å². The Labute approximate surface area is 89.1 Å². The number of ether oxygens (including phenoxy) is 1. The normalized spacial score (nSPS) is 11.9. The fourth-order valence-corrected chi connectivity index (χ4v) is 1.31. The van der Waals surface area contributed by atoms with Gasteiger partial charge >= 0.3 is 5.97 Å². The summed E-state index contributed by atoms with van der Waals surface area (Å²) in [7, 11) is 0. The largest absolute Gasteiger partial charge is 0.454 e. The van der Waals surface area contributed by atoms with Gasteiger partial charge in [-0.25, -0.2) is 0 Å². The van der Waals surface area contributed by atoms with E-state index in [1.807, 2.05) is 13.0 Å². The first-order chi connectivity index (χ1) is 7.15. The van der Waals surface area contributed by atoms with Crippen LogP contribution in [0, 0.1) is 0 Å². The van der Waals surface area contributed by atoms with Crippen molar-refractivity contribution in [3.63, 3.8) is 0 Å². The van der Waals surface area contributed by atoms with Crippen LogP contribution in [0.25, 0.3) is 0 Å². The number of carbonyl (C=O) groups is 2. The third-order valence-electron chi connectivity index (χ3n) is 2.03. The molecule has 3 heteroatoms. The highest BCUT2D eigenvalue weighted by Gasteiger charge is 2.20. The van der Waals surface area contributed by atoms with Crippen molar-refractivity contribution in [2.45, 2.75) is 26.4 Å². The van der Waals surface area contributed by atoms with Gasteiger partial charge in [0.05, 0.1) is 0 Å². The first-order valence-corrected chi connectivity index (χ1v) is 4.91. The van der Waals surface area contributed by atoms with Crippen molar-refractivity contribution in [2.24, 2.45) is 0 Å². The second kappa shape index (κ2) is 5.29. The van der Waals surface area contributed by atoms with Crippen molar-refractivity contribution in [3.05, 3.63) is 35.9 Å². The monoisotopic (exact) mass is 206 g/mol. The van der Waals surface area contributed by atoms with E-state index in [1.165, 1.54) is 6.92 Å².